The summed E-state index contributed by atoms with van der Waals surface area (Å²) in [5.74, 6) is 0.913. The van der Waals surface area contributed by atoms with Gasteiger partial charge in [-0.2, -0.15) is 5.21 Å². The Bertz CT molecular complexity index is 504. The van der Waals surface area contributed by atoms with Gasteiger partial charge in [0.05, 0.1) is 0 Å². The predicted molar refractivity (Wildman–Crippen MR) is 67.7 cm³/mol. The van der Waals surface area contributed by atoms with Gasteiger partial charge in [0.2, 0.25) is 11.7 Å². The molecule has 6 nitrogen and oxygen atoms in total. The lowest BCUT2D eigenvalue weighted by atomic mass is 10.1. The predicted octanol–water partition coefficient (Wildman–Crippen LogP) is 1.85. The van der Waals surface area contributed by atoms with Crippen molar-refractivity contribution in [2.24, 2.45) is 5.92 Å². The van der Waals surface area contributed by atoms with Crippen LogP contribution < -0.4 is 5.32 Å². The van der Waals surface area contributed by atoms with E-state index in [4.69, 9.17) is 0 Å². The van der Waals surface area contributed by atoms with Gasteiger partial charge in [0.15, 0.2) is 0 Å². The van der Waals surface area contributed by atoms with Gasteiger partial charge in [-0.3, -0.25) is 4.79 Å². The van der Waals surface area contributed by atoms with Crippen LogP contribution in [0.2, 0.25) is 0 Å². The minimum absolute atomic E-state index is 0.0253. The summed E-state index contributed by atoms with van der Waals surface area (Å²) in [5.41, 5.74) is 1.62. The van der Waals surface area contributed by atoms with E-state index in [0.717, 1.165) is 11.3 Å². The highest BCUT2D eigenvalue weighted by molar-refractivity contribution is 5.91. The molecule has 0 saturated carbocycles. The van der Waals surface area contributed by atoms with Gasteiger partial charge < -0.3 is 5.32 Å². The molecule has 0 aliphatic carbocycles. The highest BCUT2D eigenvalue weighted by Gasteiger charge is 2.06. The topological polar surface area (TPSA) is 83.6 Å². The summed E-state index contributed by atoms with van der Waals surface area (Å²) < 4.78 is 0. The van der Waals surface area contributed by atoms with Gasteiger partial charge in [0, 0.05) is 17.7 Å². The summed E-state index contributed by atoms with van der Waals surface area (Å²) in [5, 5.41) is 16.5. The molecule has 0 bridgehead atoms. The minimum Gasteiger partial charge on any atom is -0.326 e. The molecule has 0 saturated heterocycles. The highest BCUT2D eigenvalue weighted by atomic mass is 16.1. The maximum absolute atomic E-state index is 11.6. The number of aromatic amines is 1. The molecule has 0 fully saturated rings. The number of aromatic nitrogens is 4. The fraction of sp³-hybridized carbons (Fsp3) is 0.333. The molecule has 2 rings (SSSR count). The Labute approximate surface area is 105 Å². The first kappa shape index (κ1) is 12.2. The maximum Gasteiger partial charge on any atom is 0.224 e. The normalized spacial score (nSPS) is 10.6. The van der Waals surface area contributed by atoms with E-state index in [1.807, 2.05) is 38.1 Å². The summed E-state index contributed by atoms with van der Waals surface area (Å²) in [6, 6.07) is 7.33. The molecule has 1 aromatic heterocycles. The summed E-state index contributed by atoms with van der Waals surface area (Å²) in [4.78, 5) is 11.6. The molecule has 0 radical (unpaired) electrons. The first-order chi connectivity index (χ1) is 8.65. The molecule has 94 valence electrons. The van der Waals surface area contributed by atoms with Crippen molar-refractivity contribution in [3.05, 3.63) is 24.3 Å². The lowest BCUT2D eigenvalue weighted by Gasteiger charge is -2.07. The van der Waals surface area contributed by atoms with Crippen LogP contribution in [0, 0.1) is 5.92 Å². The number of tetrazole rings is 1. The van der Waals surface area contributed by atoms with E-state index in [2.05, 4.69) is 25.9 Å². The van der Waals surface area contributed by atoms with Crippen LogP contribution in [0.25, 0.3) is 11.4 Å². The number of nitrogens with zero attached hydrogens (tertiary/aromatic N) is 3. The molecular formula is C12H15N5O. The van der Waals surface area contributed by atoms with E-state index >= 15 is 0 Å². The molecule has 1 amide bonds. The average Bonchev–Trinajstić information content (AvgIpc) is 2.82. The van der Waals surface area contributed by atoms with Gasteiger partial charge in [-0.25, -0.2) is 0 Å². The molecule has 0 atom stereocenters. The number of anilines is 1. The zero-order valence-corrected chi connectivity index (χ0v) is 10.3. The van der Waals surface area contributed by atoms with Crippen LogP contribution in [-0.2, 0) is 4.79 Å². The number of amides is 1. The fourth-order valence-corrected chi connectivity index (χ4v) is 1.57. The Balaban J connectivity index is 2.02. The lowest BCUT2D eigenvalue weighted by molar-refractivity contribution is -0.116. The zero-order chi connectivity index (χ0) is 13.0. The number of hydrogen-bond acceptors (Lipinski definition) is 4. The smallest absolute Gasteiger partial charge is 0.224 e. The van der Waals surface area contributed by atoms with Gasteiger partial charge >= 0.3 is 0 Å². The van der Waals surface area contributed by atoms with Gasteiger partial charge in [0.1, 0.15) is 0 Å². The molecule has 2 aromatic rings. The lowest BCUT2D eigenvalue weighted by Crippen LogP contribution is -2.13. The van der Waals surface area contributed by atoms with Crippen molar-refractivity contribution in [2.75, 3.05) is 5.32 Å². The van der Waals surface area contributed by atoms with Crippen molar-refractivity contribution in [1.82, 2.24) is 20.6 Å². The Hall–Kier alpha value is -2.24. The van der Waals surface area contributed by atoms with E-state index in [-0.39, 0.29) is 5.91 Å². The Morgan fingerprint density at radius 1 is 1.33 bits per heavy atom. The third-order valence-electron chi connectivity index (χ3n) is 2.37. The number of benzene rings is 1. The molecule has 1 heterocycles. The first-order valence-electron chi connectivity index (χ1n) is 5.79. The van der Waals surface area contributed by atoms with Crippen LogP contribution in [0.5, 0.6) is 0 Å². The number of hydrogen-bond donors (Lipinski definition) is 2. The average molecular weight is 245 g/mol. The van der Waals surface area contributed by atoms with Crippen LogP contribution >= 0.6 is 0 Å². The van der Waals surface area contributed by atoms with Crippen molar-refractivity contribution >= 4 is 11.6 Å². The second-order valence-electron chi connectivity index (χ2n) is 4.46. The van der Waals surface area contributed by atoms with E-state index in [1.54, 1.807) is 0 Å². The van der Waals surface area contributed by atoms with E-state index < -0.39 is 0 Å². The van der Waals surface area contributed by atoms with E-state index in [9.17, 15) is 4.79 Å². The quantitative estimate of drug-likeness (QED) is 0.861. The van der Waals surface area contributed by atoms with Crippen LogP contribution in [0.3, 0.4) is 0 Å². The molecule has 2 N–H and O–H groups in total. The molecular weight excluding hydrogens is 230 g/mol. The van der Waals surface area contributed by atoms with Crippen LogP contribution in [0.15, 0.2) is 24.3 Å². The summed E-state index contributed by atoms with van der Waals surface area (Å²) in [6.45, 7) is 4.03. The molecule has 0 aliphatic heterocycles. The van der Waals surface area contributed by atoms with Crippen molar-refractivity contribution < 1.29 is 4.79 Å². The maximum atomic E-state index is 11.6. The number of rotatable bonds is 4. The number of carbonyl (C=O) groups excluding carboxylic acids is 1. The Kier molecular flexibility index (Phi) is 3.66. The second kappa shape index (κ2) is 5.39. The molecule has 18 heavy (non-hydrogen) atoms. The minimum atomic E-state index is 0.0253. The third kappa shape index (κ3) is 3.13. The summed E-state index contributed by atoms with van der Waals surface area (Å²) >= 11 is 0. The van der Waals surface area contributed by atoms with Gasteiger partial charge in [-0.15, -0.1) is 10.2 Å². The zero-order valence-electron chi connectivity index (χ0n) is 10.3. The number of nitrogens with one attached hydrogen (secondary N) is 2. The molecule has 1 aromatic carbocycles. The van der Waals surface area contributed by atoms with Crippen LogP contribution in [-0.4, -0.2) is 26.5 Å². The van der Waals surface area contributed by atoms with Crippen LogP contribution in [0.4, 0.5) is 5.69 Å². The van der Waals surface area contributed by atoms with E-state index in [1.165, 1.54) is 0 Å². The van der Waals surface area contributed by atoms with Crippen molar-refractivity contribution in [1.29, 1.82) is 0 Å². The fourth-order valence-electron chi connectivity index (χ4n) is 1.57. The number of H-pyrrole nitrogens is 1. The molecule has 6 heteroatoms. The van der Waals surface area contributed by atoms with Gasteiger partial charge in [-0.1, -0.05) is 13.8 Å². The van der Waals surface area contributed by atoms with Crippen molar-refractivity contribution in [2.45, 2.75) is 20.3 Å². The summed E-state index contributed by atoms with van der Waals surface area (Å²) in [6.07, 6.45) is 0.520. The van der Waals surface area contributed by atoms with Crippen molar-refractivity contribution in [3.8, 4) is 11.4 Å². The van der Waals surface area contributed by atoms with Crippen molar-refractivity contribution in [3.63, 3.8) is 0 Å². The third-order valence-corrected chi connectivity index (χ3v) is 2.37. The molecule has 0 aliphatic rings. The van der Waals surface area contributed by atoms with Crippen LogP contribution in [0.1, 0.15) is 20.3 Å². The monoisotopic (exact) mass is 245 g/mol. The second-order valence-corrected chi connectivity index (χ2v) is 4.46. The Morgan fingerprint density at radius 2 is 2.06 bits per heavy atom. The molecule has 0 spiro atoms. The first-order valence-corrected chi connectivity index (χ1v) is 5.79. The number of carbonyl (C=O) groups is 1. The highest BCUT2D eigenvalue weighted by Crippen LogP contribution is 2.17. The van der Waals surface area contributed by atoms with Gasteiger partial charge in [0.25, 0.3) is 0 Å². The Morgan fingerprint density at radius 3 is 2.61 bits per heavy atom. The SMILES string of the molecule is CC(C)CC(=O)Nc1ccc(-c2nn[nH]n2)cc1. The van der Waals surface area contributed by atoms with E-state index in [0.29, 0.717) is 18.2 Å². The molecule has 0 unspecified atom stereocenters. The van der Waals surface area contributed by atoms with Gasteiger partial charge in [-0.05, 0) is 35.4 Å². The summed E-state index contributed by atoms with van der Waals surface area (Å²) in [7, 11) is 0. The standard InChI is InChI=1S/C12H15N5O/c1-8(2)7-11(18)13-10-5-3-9(4-6-10)12-14-16-17-15-12/h3-6,8H,7H2,1-2H3,(H,13,18)(H,14,15,16,17). The largest absolute Gasteiger partial charge is 0.326 e.